The zero-order chi connectivity index (χ0) is 18.6. The summed E-state index contributed by atoms with van der Waals surface area (Å²) < 4.78 is 39.9. The number of halogens is 3. The van der Waals surface area contributed by atoms with Crippen LogP contribution in [0.3, 0.4) is 0 Å². The Morgan fingerprint density at radius 3 is 2.46 bits per heavy atom. The largest absolute Gasteiger partial charge is 0.417 e. The van der Waals surface area contributed by atoms with Gasteiger partial charge in [-0.05, 0) is 46.7 Å². The van der Waals surface area contributed by atoms with Crippen molar-refractivity contribution in [2.24, 2.45) is 0 Å². The molecular weight excluding hydrogens is 361 g/mol. The van der Waals surface area contributed by atoms with Gasteiger partial charge in [-0.25, -0.2) is 0 Å². The van der Waals surface area contributed by atoms with Crippen LogP contribution in [-0.2, 0) is 19.3 Å². The molecule has 3 aromatic rings. The van der Waals surface area contributed by atoms with E-state index < -0.39 is 17.6 Å². The molecule has 0 N–H and O–H groups in total. The molecule has 3 nitrogen and oxygen atoms in total. The Balaban J connectivity index is 1.95. The van der Waals surface area contributed by atoms with Gasteiger partial charge >= 0.3 is 6.18 Å². The van der Waals surface area contributed by atoms with Crippen LogP contribution in [0.5, 0.6) is 0 Å². The maximum Gasteiger partial charge on any atom is 0.417 e. The number of carbonyl (C=O) groups excluding carboxylic acids is 1. The van der Waals surface area contributed by atoms with Crippen LogP contribution < -0.4 is 0 Å². The van der Waals surface area contributed by atoms with Gasteiger partial charge in [-0.15, -0.1) is 0 Å². The van der Waals surface area contributed by atoms with Crippen LogP contribution >= 0.6 is 11.3 Å². The van der Waals surface area contributed by atoms with E-state index in [4.69, 9.17) is 0 Å². The standard InChI is InChI=1S/C19H15F3N2OS/c20-19(21,22)17-7-2-1-6-16(17)18(25)24(11-14-8-10-26-13-14)12-15-5-3-4-9-23-15/h1-10,13H,11-12H2. The number of hydrogen-bond donors (Lipinski definition) is 0. The summed E-state index contributed by atoms with van der Waals surface area (Å²) in [4.78, 5) is 18.5. The van der Waals surface area contributed by atoms with Gasteiger partial charge in [0, 0.05) is 12.7 Å². The summed E-state index contributed by atoms with van der Waals surface area (Å²) in [5.74, 6) is -0.672. The highest BCUT2D eigenvalue weighted by Crippen LogP contribution is 2.32. The van der Waals surface area contributed by atoms with Crippen LogP contribution in [0, 0.1) is 0 Å². The van der Waals surface area contributed by atoms with Crippen molar-refractivity contribution < 1.29 is 18.0 Å². The van der Waals surface area contributed by atoms with Gasteiger partial charge in [-0.1, -0.05) is 18.2 Å². The molecule has 134 valence electrons. The van der Waals surface area contributed by atoms with Crippen molar-refractivity contribution in [3.63, 3.8) is 0 Å². The summed E-state index contributed by atoms with van der Waals surface area (Å²) in [6, 6.07) is 12.0. The van der Waals surface area contributed by atoms with Gasteiger partial charge in [0.1, 0.15) is 0 Å². The van der Waals surface area contributed by atoms with Crippen LogP contribution in [0.2, 0.25) is 0 Å². The Morgan fingerprint density at radius 2 is 1.81 bits per heavy atom. The van der Waals surface area contributed by atoms with Crippen molar-refractivity contribution in [3.8, 4) is 0 Å². The second-order valence-corrected chi connectivity index (χ2v) is 6.44. The predicted octanol–water partition coefficient (Wildman–Crippen LogP) is 5.00. The maximum absolute atomic E-state index is 13.3. The molecule has 1 aromatic carbocycles. The number of amides is 1. The van der Waals surface area contributed by atoms with Gasteiger partial charge in [0.15, 0.2) is 0 Å². The van der Waals surface area contributed by atoms with E-state index in [1.807, 2.05) is 16.8 Å². The number of benzene rings is 1. The third-order valence-corrected chi connectivity index (χ3v) is 4.51. The Kier molecular flexibility index (Phi) is 5.37. The van der Waals surface area contributed by atoms with Gasteiger partial charge in [-0.3, -0.25) is 9.78 Å². The van der Waals surface area contributed by atoms with Gasteiger partial charge in [0.2, 0.25) is 0 Å². The topological polar surface area (TPSA) is 33.2 Å². The van der Waals surface area contributed by atoms with Crippen molar-refractivity contribution in [2.45, 2.75) is 19.3 Å². The maximum atomic E-state index is 13.3. The van der Waals surface area contributed by atoms with E-state index in [1.165, 1.54) is 34.4 Å². The lowest BCUT2D eigenvalue weighted by Gasteiger charge is -2.24. The molecule has 2 heterocycles. The molecule has 26 heavy (non-hydrogen) atoms. The average Bonchev–Trinajstić information content (AvgIpc) is 3.14. The van der Waals surface area contributed by atoms with Gasteiger partial charge in [-0.2, -0.15) is 24.5 Å². The van der Waals surface area contributed by atoms with Gasteiger partial charge < -0.3 is 4.90 Å². The fraction of sp³-hybridized carbons (Fsp3) is 0.158. The Bertz CT molecular complexity index is 864. The summed E-state index contributed by atoms with van der Waals surface area (Å²) in [6.07, 6.45) is -3.00. The van der Waals surface area contributed by atoms with Crippen LogP contribution in [0.1, 0.15) is 27.2 Å². The number of thiophene rings is 1. The third-order valence-electron chi connectivity index (χ3n) is 3.78. The zero-order valence-corrected chi connectivity index (χ0v) is 14.4. The molecule has 0 radical (unpaired) electrons. The molecule has 2 aromatic heterocycles. The van der Waals surface area contributed by atoms with E-state index in [2.05, 4.69) is 4.98 Å². The average molecular weight is 376 g/mol. The lowest BCUT2D eigenvalue weighted by Crippen LogP contribution is -2.32. The second-order valence-electron chi connectivity index (χ2n) is 5.66. The highest BCUT2D eigenvalue weighted by atomic mass is 32.1. The van der Waals surface area contributed by atoms with Gasteiger partial charge in [0.25, 0.3) is 5.91 Å². The van der Waals surface area contributed by atoms with E-state index >= 15 is 0 Å². The number of alkyl halides is 3. The lowest BCUT2D eigenvalue weighted by molar-refractivity contribution is -0.138. The van der Waals surface area contributed by atoms with Crippen molar-refractivity contribution in [3.05, 3.63) is 87.9 Å². The highest BCUT2D eigenvalue weighted by molar-refractivity contribution is 7.07. The van der Waals surface area contributed by atoms with Crippen molar-refractivity contribution >= 4 is 17.2 Å². The first kappa shape index (κ1) is 18.1. The summed E-state index contributed by atoms with van der Waals surface area (Å²) in [6.45, 7) is 0.340. The highest BCUT2D eigenvalue weighted by Gasteiger charge is 2.36. The van der Waals surface area contributed by atoms with Gasteiger partial charge in [0.05, 0.1) is 23.4 Å². The Labute approximate surface area is 152 Å². The monoisotopic (exact) mass is 376 g/mol. The lowest BCUT2D eigenvalue weighted by atomic mass is 10.1. The summed E-state index contributed by atoms with van der Waals surface area (Å²) in [5.41, 5.74) is 0.192. The van der Waals surface area contributed by atoms with Crippen molar-refractivity contribution in [2.75, 3.05) is 0 Å². The quantitative estimate of drug-likeness (QED) is 0.628. The molecule has 0 unspecified atom stereocenters. The molecular formula is C19H15F3N2OS. The van der Waals surface area contributed by atoms with E-state index in [1.54, 1.807) is 24.4 Å². The molecule has 3 rings (SSSR count). The van der Waals surface area contributed by atoms with Crippen molar-refractivity contribution in [1.29, 1.82) is 0 Å². The fourth-order valence-corrected chi connectivity index (χ4v) is 3.24. The summed E-state index contributed by atoms with van der Waals surface area (Å²) in [7, 11) is 0. The van der Waals surface area contributed by atoms with Crippen molar-refractivity contribution in [1.82, 2.24) is 9.88 Å². The summed E-state index contributed by atoms with van der Waals surface area (Å²) in [5, 5.41) is 3.73. The van der Waals surface area contributed by atoms with E-state index in [0.29, 0.717) is 5.69 Å². The second kappa shape index (κ2) is 7.70. The van der Waals surface area contributed by atoms with E-state index in [0.717, 1.165) is 11.6 Å². The SMILES string of the molecule is O=C(c1ccccc1C(F)(F)F)N(Cc1ccsc1)Cc1ccccn1. The predicted molar refractivity (Wildman–Crippen MR) is 93.6 cm³/mol. The molecule has 0 bridgehead atoms. The smallest absolute Gasteiger partial charge is 0.328 e. The van der Waals surface area contributed by atoms with Crippen LogP contribution in [0.15, 0.2) is 65.5 Å². The molecule has 0 saturated carbocycles. The number of nitrogens with zero attached hydrogens (tertiary/aromatic N) is 2. The fourth-order valence-electron chi connectivity index (χ4n) is 2.58. The molecule has 0 atom stereocenters. The normalized spacial score (nSPS) is 11.3. The minimum Gasteiger partial charge on any atom is -0.328 e. The number of hydrogen-bond acceptors (Lipinski definition) is 3. The third kappa shape index (κ3) is 4.29. The van der Waals surface area contributed by atoms with Crippen LogP contribution in [0.4, 0.5) is 13.2 Å². The first-order chi connectivity index (χ1) is 12.4. The molecule has 7 heteroatoms. The van der Waals surface area contributed by atoms with E-state index in [9.17, 15) is 18.0 Å². The first-order valence-electron chi connectivity index (χ1n) is 7.81. The summed E-state index contributed by atoms with van der Waals surface area (Å²) >= 11 is 1.47. The number of pyridine rings is 1. The number of carbonyl (C=O) groups is 1. The van der Waals surface area contributed by atoms with Crippen LogP contribution in [-0.4, -0.2) is 15.8 Å². The molecule has 0 spiro atoms. The minimum atomic E-state index is -4.59. The molecule has 0 aliphatic carbocycles. The Morgan fingerprint density at radius 1 is 1.04 bits per heavy atom. The molecule has 1 amide bonds. The number of aromatic nitrogens is 1. The molecule has 0 saturated heterocycles. The minimum absolute atomic E-state index is 0.127. The Hall–Kier alpha value is -2.67. The van der Waals surface area contributed by atoms with E-state index in [-0.39, 0.29) is 18.7 Å². The first-order valence-corrected chi connectivity index (χ1v) is 8.76. The molecule has 0 aliphatic rings. The number of rotatable bonds is 5. The zero-order valence-electron chi connectivity index (χ0n) is 13.6. The molecule has 0 aliphatic heterocycles. The molecule has 0 fully saturated rings. The van der Waals surface area contributed by atoms with Crippen LogP contribution in [0.25, 0.3) is 0 Å².